The lowest BCUT2D eigenvalue weighted by Crippen LogP contribution is -2.07. The maximum atomic E-state index is 13.8. The number of phenols is 1. The second-order valence-corrected chi connectivity index (χ2v) is 3.55. The molecule has 0 bridgehead atoms. The SMILES string of the molecule is COc1c(C)c(F)c(C)c(CCON)c1O. The van der Waals surface area contributed by atoms with Crippen molar-refractivity contribution in [2.24, 2.45) is 5.90 Å². The second-order valence-electron chi connectivity index (χ2n) is 3.55. The van der Waals surface area contributed by atoms with Crippen molar-refractivity contribution < 1.29 is 19.1 Å². The first-order chi connectivity index (χ1) is 7.54. The number of aromatic hydroxyl groups is 1. The molecule has 0 amide bonds. The summed E-state index contributed by atoms with van der Waals surface area (Å²) >= 11 is 0. The van der Waals surface area contributed by atoms with Crippen LogP contribution in [-0.4, -0.2) is 18.8 Å². The number of rotatable bonds is 4. The Morgan fingerprint density at radius 2 is 1.94 bits per heavy atom. The van der Waals surface area contributed by atoms with E-state index in [0.29, 0.717) is 23.1 Å². The van der Waals surface area contributed by atoms with Gasteiger partial charge in [-0.15, -0.1) is 0 Å². The number of halogens is 1. The van der Waals surface area contributed by atoms with E-state index in [9.17, 15) is 9.50 Å². The molecule has 1 aromatic carbocycles. The molecule has 1 aromatic rings. The lowest BCUT2D eigenvalue weighted by molar-refractivity contribution is 0.140. The number of nitrogens with two attached hydrogens (primary N) is 1. The van der Waals surface area contributed by atoms with Crippen molar-refractivity contribution in [2.45, 2.75) is 20.3 Å². The molecular weight excluding hydrogens is 213 g/mol. The zero-order chi connectivity index (χ0) is 12.3. The minimum absolute atomic E-state index is 0.0454. The van der Waals surface area contributed by atoms with Crippen LogP contribution in [0.5, 0.6) is 11.5 Å². The summed E-state index contributed by atoms with van der Waals surface area (Å²) in [6.07, 6.45) is 0.335. The molecule has 90 valence electrons. The van der Waals surface area contributed by atoms with Gasteiger partial charge in [0.2, 0.25) is 0 Å². The van der Waals surface area contributed by atoms with E-state index in [-0.39, 0.29) is 23.9 Å². The van der Waals surface area contributed by atoms with Crippen LogP contribution in [0, 0.1) is 19.7 Å². The molecule has 1 rings (SSSR count). The summed E-state index contributed by atoms with van der Waals surface area (Å²) in [5, 5.41) is 9.91. The Hall–Kier alpha value is -1.33. The minimum atomic E-state index is -0.373. The molecule has 0 saturated carbocycles. The third kappa shape index (κ3) is 2.10. The molecule has 0 fully saturated rings. The van der Waals surface area contributed by atoms with Crippen molar-refractivity contribution in [1.29, 1.82) is 0 Å². The number of methoxy groups -OCH3 is 1. The van der Waals surface area contributed by atoms with E-state index >= 15 is 0 Å². The van der Waals surface area contributed by atoms with Crippen molar-refractivity contribution in [2.75, 3.05) is 13.7 Å². The van der Waals surface area contributed by atoms with Crippen molar-refractivity contribution in [3.63, 3.8) is 0 Å². The number of phenolic OH excluding ortho intramolecular Hbond substituents is 1. The van der Waals surface area contributed by atoms with Gasteiger partial charge in [0.05, 0.1) is 13.7 Å². The van der Waals surface area contributed by atoms with Crippen LogP contribution >= 0.6 is 0 Å². The molecule has 0 radical (unpaired) electrons. The zero-order valence-electron chi connectivity index (χ0n) is 9.63. The molecule has 0 aromatic heterocycles. The van der Waals surface area contributed by atoms with Gasteiger partial charge in [0.25, 0.3) is 0 Å². The third-order valence-corrected chi connectivity index (χ3v) is 2.63. The summed E-state index contributed by atoms with van der Waals surface area (Å²) in [6.45, 7) is 3.37. The van der Waals surface area contributed by atoms with Gasteiger partial charge in [-0.1, -0.05) is 0 Å². The lowest BCUT2D eigenvalue weighted by atomic mass is 10.00. The molecule has 16 heavy (non-hydrogen) atoms. The Morgan fingerprint density at radius 1 is 1.31 bits per heavy atom. The fourth-order valence-corrected chi connectivity index (χ4v) is 1.72. The van der Waals surface area contributed by atoms with Gasteiger partial charge >= 0.3 is 0 Å². The first-order valence-electron chi connectivity index (χ1n) is 4.90. The van der Waals surface area contributed by atoms with Crippen LogP contribution in [0.2, 0.25) is 0 Å². The Bertz CT molecular complexity index is 394. The predicted octanol–water partition coefficient (Wildman–Crippen LogP) is 1.59. The van der Waals surface area contributed by atoms with Crippen molar-refractivity contribution in [3.05, 3.63) is 22.5 Å². The van der Waals surface area contributed by atoms with E-state index in [1.807, 2.05) is 0 Å². The minimum Gasteiger partial charge on any atom is -0.504 e. The highest BCUT2D eigenvalue weighted by molar-refractivity contribution is 5.55. The highest BCUT2D eigenvalue weighted by Crippen LogP contribution is 2.38. The topological polar surface area (TPSA) is 64.7 Å². The molecule has 5 heteroatoms. The van der Waals surface area contributed by atoms with Gasteiger partial charge in [-0.2, -0.15) is 0 Å². The average molecular weight is 229 g/mol. The first kappa shape index (κ1) is 12.7. The number of benzene rings is 1. The van der Waals surface area contributed by atoms with E-state index in [4.69, 9.17) is 10.6 Å². The molecule has 0 atom stereocenters. The van der Waals surface area contributed by atoms with Crippen LogP contribution in [0.15, 0.2) is 0 Å². The largest absolute Gasteiger partial charge is 0.504 e. The van der Waals surface area contributed by atoms with E-state index in [0.717, 1.165) is 0 Å². The monoisotopic (exact) mass is 229 g/mol. The Kier molecular flexibility index (Phi) is 4.09. The van der Waals surface area contributed by atoms with E-state index in [1.165, 1.54) is 7.11 Å². The maximum absolute atomic E-state index is 13.8. The van der Waals surface area contributed by atoms with Gasteiger partial charge in [0.1, 0.15) is 5.82 Å². The fraction of sp³-hybridized carbons (Fsp3) is 0.455. The summed E-state index contributed by atoms with van der Waals surface area (Å²) in [7, 11) is 1.39. The van der Waals surface area contributed by atoms with Gasteiger partial charge in [-0.25, -0.2) is 10.3 Å². The number of hydrogen-bond acceptors (Lipinski definition) is 4. The van der Waals surface area contributed by atoms with Crippen LogP contribution in [0.25, 0.3) is 0 Å². The zero-order valence-corrected chi connectivity index (χ0v) is 9.63. The Balaban J connectivity index is 3.31. The van der Waals surface area contributed by atoms with Gasteiger partial charge in [-0.3, -0.25) is 0 Å². The van der Waals surface area contributed by atoms with Gasteiger partial charge in [0, 0.05) is 17.5 Å². The summed E-state index contributed by atoms with van der Waals surface area (Å²) in [5.41, 5.74) is 1.16. The number of hydrogen-bond donors (Lipinski definition) is 2. The van der Waals surface area contributed by atoms with Gasteiger partial charge in [-0.05, 0) is 19.4 Å². The summed E-state index contributed by atoms with van der Waals surface area (Å²) in [4.78, 5) is 4.42. The predicted molar refractivity (Wildman–Crippen MR) is 57.9 cm³/mol. The van der Waals surface area contributed by atoms with E-state index < -0.39 is 0 Å². The smallest absolute Gasteiger partial charge is 0.166 e. The quantitative estimate of drug-likeness (QED) is 0.769. The normalized spacial score (nSPS) is 10.6. The van der Waals surface area contributed by atoms with Gasteiger partial charge in [0.15, 0.2) is 11.5 Å². The Labute approximate surface area is 93.7 Å². The van der Waals surface area contributed by atoms with E-state index in [1.54, 1.807) is 13.8 Å². The molecule has 0 spiro atoms. The molecule has 0 unspecified atom stereocenters. The van der Waals surface area contributed by atoms with Gasteiger partial charge < -0.3 is 14.7 Å². The summed E-state index contributed by atoms with van der Waals surface area (Å²) in [6, 6.07) is 0. The maximum Gasteiger partial charge on any atom is 0.166 e. The van der Waals surface area contributed by atoms with Crippen molar-refractivity contribution in [3.8, 4) is 11.5 Å². The van der Waals surface area contributed by atoms with Crippen molar-refractivity contribution >= 4 is 0 Å². The van der Waals surface area contributed by atoms with Crippen LogP contribution in [0.1, 0.15) is 16.7 Å². The van der Waals surface area contributed by atoms with Crippen LogP contribution < -0.4 is 10.6 Å². The van der Waals surface area contributed by atoms with Crippen LogP contribution in [-0.2, 0) is 11.3 Å². The van der Waals surface area contributed by atoms with Crippen molar-refractivity contribution in [1.82, 2.24) is 0 Å². The molecular formula is C11H16FNO3. The third-order valence-electron chi connectivity index (χ3n) is 2.63. The Morgan fingerprint density at radius 3 is 2.44 bits per heavy atom. The standard InChI is InChI=1S/C11H16FNO3/c1-6-8(4-5-16-13)10(14)11(15-3)7(2)9(6)12/h14H,4-5,13H2,1-3H3. The van der Waals surface area contributed by atoms with Crippen LogP contribution in [0.3, 0.4) is 0 Å². The summed E-state index contributed by atoms with van der Waals surface area (Å²) < 4.78 is 18.8. The summed E-state index contributed by atoms with van der Waals surface area (Å²) in [5.74, 6) is 4.65. The first-order valence-corrected chi connectivity index (χ1v) is 4.90. The molecule has 0 saturated heterocycles. The molecule has 0 heterocycles. The highest BCUT2D eigenvalue weighted by atomic mass is 19.1. The second kappa shape index (κ2) is 5.14. The molecule has 3 N–H and O–H groups in total. The average Bonchev–Trinajstić information content (AvgIpc) is 2.27. The molecule has 0 aliphatic heterocycles. The highest BCUT2D eigenvalue weighted by Gasteiger charge is 2.19. The lowest BCUT2D eigenvalue weighted by Gasteiger charge is -2.15. The fourth-order valence-electron chi connectivity index (χ4n) is 1.72. The molecule has 4 nitrogen and oxygen atoms in total. The molecule has 0 aliphatic carbocycles. The van der Waals surface area contributed by atoms with Crippen LogP contribution in [0.4, 0.5) is 4.39 Å². The number of ether oxygens (including phenoxy) is 1. The van der Waals surface area contributed by atoms with E-state index in [2.05, 4.69) is 4.84 Å². The molecule has 0 aliphatic rings.